The Kier molecular flexibility index (Phi) is 9.18. The Morgan fingerprint density at radius 2 is 1.69 bits per heavy atom. The number of nitrogens with zero attached hydrogens (tertiary/aromatic N) is 2. The van der Waals surface area contributed by atoms with Gasteiger partial charge in [0.2, 0.25) is 0 Å². The van der Waals surface area contributed by atoms with E-state index in [1.807, 2.05) is 6.92 Å². The van der Waals surface area contributed by atoms with Crippen LogP contribution in [0.1, 0.15) is 31.8 Å². The lowest BCUT2D eigenvalue weighted by atomic mass is 10.1. The van der Waals surface area contributed by atoms with Gasteiger partial charge in [-0.2, -0.15) is 5.10 Å². The Morgan fingerprint density at radius 3 is 2.44 bits per heavy atom. The number of carbonyl (C=O) groups excluding carboxylic acids is 4. The van der Waals surface area contributed by atoms with Gasteiger partial charge in [-0.3, -0.25) is 14.4 Å². The first-order valence-corrected chi connectivity index (χ1v) is 12.8. The molecule has 10 nitrogen and oxygen atoms in total. The van der Waals surface area contributed by atoms with Crippen LogP contribution in [0.2, 0.25) is 0 Å². The molecule has 1 heterocycles. The van der Waals surface area contributed by atoms with Gasteiger partial charge in [0.25, 0.3) is 5.91 Å². The zero-order valence-electron chi connectivity index (χ0n) is 21.0. The van der Waals surface area contributed by atoms with Crippen LogP contribution in [-0.4, -0.2) is 61.1 Å². The molecular formula is C28H25BrN4O6. The van der Waals surface area contributed by atoms with Crippen molar-refractivity contribution in [1.29, 1.82) is 0 Å². The number of hydrogen-bond acceptors (Lipinski definition) is 7. The van der Waals surface area contributed by atoms with Crippen LogP contribution in [0.25, 0.3) is 0 Å². The topological polar surface area (TPSA) is 126 Å². The number of rotatable bonds is 6. The third-order valence-corrected chi connectivity index (χ3v) is 6.23. The average Bonchev–Trinajstić information content (AvgIpc) is 2.95. The molecule has 1 aliphatic heterocycles. The first kappa shape index (κ1) is 27.7. The highest BCUT2D eigenvalue weighted by Gasteiger charge is 2.23. The van der Waals surface area contributed by atoms with Crippen molar-refractivity contribution in [2.45, 2.75) is 6.92 Å². The molecule has 2 N–H and O–H groups in total. The molecule has 200 valence electrons. The van der Waals surface area contributed by atoms with Gasteiger partial charge in [0.05, 0.1) is 36.2 Å². The molecule has 0 aliphatic carbocycles. The van der Waals surface area contributed by atoms with Crippen LogP contribution in [0, 0.1) is 6.92 Å². The number of hydrogen-bond donors (Lipinski definition) is 2. The molecule has 0 bridgehead atoms. The van der Waals surface area contributed by atoms with Gasteiger partial charge in [0.15, 0.2) is 0 Å². The second-order valence-corrected chi connectivity index (χ2v) is 9.46. The summed E-state index contributed by atoms with van der Waals surface area (Å²) in [6.45, 7) is 3.66. The monoisotopic (exact) mass is 592 g/mol. The first-order valence-electron chi connectivity index (χ1n) is 12.0. The van der Waals surface area contributed by atoms with Crippen molar-refractivity contribution < 1.29 is 28.7 Å². The minimum absolute atomic E-state index is 0.204. The minimum Gasteiger partial charge on any atom is -0.422 e. The summed E-state index contributed by atoms with van der Waals surface area (Å²) in [5.41, 5.74) is 4.39. The maximum atomic E-state index is 12.9. The number of amides is 3. The van der Waals surface area contributed by atoms with Gasteiger partial charge in [0, 0.05) is 23.1 Å². The van der Waals surface area contributed by atoms with Gasteiger partial charge in [-0.1, -0.05) is 45.8 Å². The fraction of sp³-hybridized carbons (Fsp3) is 0.179. The van der Waals surface area contributed by atoms with Crippen LogP contribution in [0.4, 0.5) is 5.69 Å². The fourth-order valence-corrected chi connectivity index (χ4v) is 4.05. The zero-order chi connectivity index (χ0) is 27.8. The molecule has 0 aromatic heterocycles. The Bertz CT molecular complexity index is 1420. The summed E-state index contributed by atoms with van der Waals surface area (Å²) in [7, 11) is 0. The molecule has 0 saturated carbocycles. The predicted octanol–water partition coefficient (Wildman–Crippen LogP) is 3.54. The summed E-state index contributed by atoms with van der Waals surface area (Å²) in [5.74, 6) is -2.67. The Balaban J connectivity index is 1.40. The molecule has 1 saturated heterocycles. The van der Waals surface area contributed by atoms with Crippen molar-refractivity contribution >= 4 is 51.5 Å². The second-order valence-electron chi connectivity index (χ2n) is 8.54. The Hall–Kier alpha value is -4.35. The van der Waals surface area contributed by atoms with E-state index in [0.717, 1.165) is 5.56 Å². The van der Waals surface area contributed by atoms with E-state index in [1.54, 1.807) is 65.6 Å². The maximum absolute atomic E-state index is 12.9. The standard InChI is InChI=1S/C28H25BrN4O6/c1-18-6-8-19(9-7-18)28(37)39-24-11-10-21(29)16-20(24)17-30-32-26(35)25(34)31-23-5-3-2-4-22(23)27(36)33-12-14-38-15-13-33/h2-11,16-17H,12-15H2,1H3,(H,31,34)(H,32,35). The molecule has 3 amide bonds. The van der Waals surface area contributed by atoms with Crippen molar-refractivity contribution in [3.63, 3.8) is 0 Å². The summed E-state index contributed by atoms with van der Waals surface area (Å²) < 4.78 is 11.5. The lowest BCUT2D eigenvalue weighted by molar-refractivity contribution is -0.136. The molecule has 0 atom stereocenters. The molecule has 0 unspecified atom stereocenters. The molecular weight excluding hydrogens is 568 g/mol. The number of esters is 1. The molecule has 3 aromatic carbocycles. The minimum atomic E-state index is -1.05. The molecule has 3 aromatic rings. The number of hydrazone groups is 1. The molecule has 11 heteroatoms. The number of nitrogens with one attached hydrogen (secondary N) is 2. The van der Waals surface area contributed by atoms with Crippen LogP contribution >= 0.6 is 15.9 Å². The SMILES string of the molecule is Cc1ccc(C(=O)Oc2ccc(Br)cc2C=NNC(=O)C(=O)Nc2ccccc2C(=O)N2CCOCC2)cc1. The van der Waals surface area contributed by atoms with Gasteiger partial charge in [-0.25, -0.2) is 10.2 Å². The maximum Gasteiger partial charge on any atom is 0.343 e. The van der Waals surface area contributed by atoms with E-state index in [4.69, 9.17) is 9.47 Å². The molecule has 0 radical (unpaired) electrons. The van der Waals surface area contributed by atoms with Crippen molar-refractivity contribution in [3.05, 3.63) is 93.5 Å². The summed E-state index contributed by atoms with van der Waals surface area (Å²) in [4.78, 5) is 52.0. The van der Waals surface area contributed by atoms with E-state index in [1.165, 1.54) is 12.3 Å². The number of morpholine rings is 1. The van der Waals surface area contributed by atoms with E-state index in [9.17, 15) is 19.2 Å². The van der Waals surface area contributed by atoms with Crippen molar-refractivity contribution in [3.8, 4) is 5.75 Å². The van der Waals surface area contributed by atoms with Crippen molar-refractivity contribution in [1.82, 2.24) is 10.3 Å². The molecule has 4 rings (SSSR count). The molecule has 39 heavy (non-hydrogen) atoms. The number of benzene rings is 3. The van der Waals surface area contributed by atoms with E-state index in [-0.39, 0.29) is 22.9 Å². The molecule has 0 spiro atoms. The van der Waals surface area contributed by atoms with Gasteiger partial charge >= 0.3 is 17.8 Å². The van der Waals surface area contributed by atoms with Gasteiger partial charge in [-0.15, -0.1) is 0 Å². The van der Waals surface area contributed by atoms with Crippen molar-refractivity contribution in [2.75, 3.05) is 31.6 Å². The quantitative estimate of drug-likeness (QED) is 0.148. The highest BCUT2D eigenvalue weighted by molar-refractivity contribution is 9.10. The second kappa shape index (κ2) is 12.9. The normalized spacial score (nSPS) is 13.1. The molecule has 1 fully saturated rings. The number of aryl methyl sites for hydroxylation is 1. The van der Waals surface area contributed by atoms with E-state index >= 15 is 0 Å². The number of halogens is 1. The smallest absolute Gasteiger partial charge is 0.343 e. The van der Waals surface area contributed by atoms with E-state index in [0.29, 0.717) is 41.9 Å². The zero-order valence-corrected chi connectivity index (χ0v) is 22.6. The number of ether oxygens (including phenoxy) is 2. The van der Waals surface area contributed by atoms with Crippen LogP contribution < -0.4 is 15.5 Å². The highest BCUT2D eigenvalue weighted by Crippen LogP contribution is 2.23. The van der Waals surface area contributed by atoms with Gasteiger partial charge < -0.3 is 19.7 Å². The first-order chi connectivity index (χ1) is 18.8. The highest BCUT2D eigenvalue weighted by atomic mass is 79.9. The lowest BCUT2D eigenvalue weighted by Gasteiger charge is -2.27. The Morgan fingerprint density at radius 1 is 0.974 bits per heavy atom. The third-order valence-electron chi connectivity index (χ3n) is 5.74. The largest absolute Gasteiger partial charge is 0.422 e. The lowest BCUT2D eigenvalue weighted by Crippen LogP contribution is -2.41. The third kappa shape index (κ3) is 7.37. The van der Waals surface area contributed by atoms with Crippen LogP contribution in [0.15, 0.2) is 76.3 Å². The molecule has 1 aliphatic rings. The van der Waals surface area contributed by atoms with Crippen LogP contribution in [0.3, 0.4) is 0 Å². The predicted molar refractivity (Wildman–Crippen MR) is 148 cm³/mol. The van der Waals surface area contributed by atoms with E-state index < -0.39 is 17.8 Å². The number of carbonyl (C=O) groups is 4. The number of para-hydroxylation sites is 1. The summed E-state index contributed by atoms with van der Waals surface area (Å²) in [6, 6.07) is 18.3. The average molecular weight is 593 g/mol. The summed E-state index contributed by atoms with van der Waals surface area (Å²) in [5, 5.41) is 6.31. The van der Waals surface area contributed by atoms with Gasteiger partial charge in [-0.05, 0) is 49.4 Å². The van der Waals surface area contributed by atoms with Gasteiger partial charge in [0.1, 0.15) is 5.75 Å². The van der Waals surface area contributed by atoms with E-state index in [2.05, 4.69) is 31.8 Å². The fourth-order valence-electron chi connectivity index (χ4n) is 3.67. The van der Waals surface area contributed by atoms with Crippen LogP contribution in [0.5, 0.6) is 5.75 Å². The summed E-state index contributed by atoms with van der Waals surface area (Å²) >= 11 is 3.35. The Labute approximate surface area is 233 Å². The van der Waals surface area contributed by atoms with Crippen molar-refractivity contribution in [2.24, 2.45) is 5.10 Å². The number of anilines is 1. The van der Waals surface area contributed by atoms with Crippen LogP contribution in [-0.2, 0) is 14.3 Å². The summed E-state index contributed by atoms with van der Waals surface area (Å²) in [6.07, 6.45) is 1.25.